The largest absolute Gasteiger partial charge is 0.384 e. The molecule has 0 fully saturated rings. The fourth-order valence-electron chi connectivity index (χ4n) is 1.80. The monoisotopic (exact) mass is 233 g/mol. The molecule has 0 aliphatic rings. The zero-order valence-corrected chi connectivity index (χ0v) is 9.83. The first-order valence-corrected chi connectivity index (χ1v) is 5.71. The molecule has 0 spiro atoms. The number of hydrogen-bond donors (Lipinski definition) is 2. The lowest BCUT2D eigenvalue weighted by atomic mass is 10.1. The van der Waals surface area contributed by atoms with Crippen molar-refractivity contribution in [3.8, 4) is 0 Å². The van der Waals surface area contributed by atoms with Gasteiger partial charge in [-0.2, -0.15) is 0 Å². The van der Waals surface area contributed by atoms with Crippen LogP contribution in [0.2, 0.25) is 0 Å². The van der Waals surface area contributed by atoms with Crippen LogP contribution in [0.5, 0.6) is 0 Å². The van der Waals surface area contributed by atoms with Gasteiger partial charge >= 0.3 is 0 Å². The lowest BCUT2D eigenvalue weighted by molar-refractivity contribution is 0.629. The summed E-state index contributed by atoms with van der Waals surface area (Å²) >= 11 is 0. The first kappa shape index (κ1) is 11.8. The lowest BCUT2D eigenvalue weighted by Gasteiger charge is -2.10. The molecule has 1 aromatic carbocycles. The van der Waals surface area contributed by atoms with Crippen LogP contribution in [0.25, 0.3) is 10.9 Å². The molecule has 0 atom stereocenters. The molecular formula is C13H16FN3. The maximum atomic E-state index is 13.2. The van der Waals surface area contributed by atoms with E-state index in [4.69, 9.17) is 5.73 Å². The van der Waals surface area contributed by atoms with Gasteiger partial charge in [-0.15, -0.1) is 0 Å². The Hall–Kier alpha value is -1.68. The molecule has 0 aliphatic carbocycles. The topological polar surface area (TPSA) is 50.9 Å². The summed E-state index contributed by atoms with van der Waals surface area (Å²) in [4.78, 5) is 4.37. The first-order chi connectivity index (χ1) is 8.20. The molecule has 3 nitrogen and oxygen atoms in total. The number of pyridine rings is 1. The van der Waals surface area contributed by atoms with Crippen molar-refractivity contribution in [1.29, 1.82) is 0 Å². The maximum Gasteiger partial charge on any atom is 0.124 e. The number of hydrogen-bond acceptors (Lipinski definition) is 3. The summed E-state index contributed by atoms with van der Waals surface area (Å²) in [5.74, 6) is -0.245. The highest BCUT2D eigenvalue weighted by molar-refractivity contribution is 5.91. The summed E-state index contributed by atoms with van der Waals surface area (Å²) in [6.45, 7) is 3.35. The number of nitrogens with one attached hydrogen (secondary N) is 1. The molecule has 0 saturated carbocycles. The molecule has 1 heterocycles. The summed E-state index contributed by atoms with van der Waals surface area (Å²) in [5.41, 5.74) is 8.09. The van der Waals surface area contributed by atoms with E-state index in [-0.39, 0.29) is 5.82 Å². The predicted molar refractivity (Wildman–Crippen MR) is 68.6 cm³/mol. The zero-order valence-electron chi connectivity index (χ0n) is 9.83. The number of fused-ring (bicyclic) bond motifs is 1. The number of aromatic nitrogens is 1. The number of aryl methyl sites for hydroxylation is 1. The van der Waals surface area contributed by atoms with Crippen molar-refractivity contribution in [2.75, 3.05) is 18.4 Å². The van der Waals surface area contributed by atoms with E-state index in [1.54, 1.807) is 6.07 Å². The van der Waals surface area contributed by atoms with Gasteiger partial charge in [0.25, 0.3) is 0 Å². The molecule has 2 rings (SSSR count). The van der Waals surface area contributed by atoms with E-state index < -0.39 is 0 Å². The van der Waals surface area contributed by atoms with E-state index in [0.29, 0.717) is 6.54 Å². The number of nitrogens with two attached hydrogens (primary N) is 1. The fourth-order valence-corrected chi connectivity index (χ4v) is 1.80. The number of halogens is 1. The molecule has 90 valence electrons. The Morgan fingerprint density at radius 1 is 1.35 bits per heavy atom. The van der Waals surface area contributed by atoms with Gasteiger partial charge in [-0.05, 0) is 44.2 Å². The second kappa shape index (κ2) is 5.10. The Bertz CT molecular complexity index is 525. The second-order valence-corrected chi connectivity index (χ2v) is 4.04. The molecule has 0 bridgehead atoms. The van der Waals surface area contributed by atoms with Gasteiger partial charge in [0, 0.05) is 23.3 Å². The molecule has 0 radical (unpaired) electrons. The van der Waals surface area contributed by atoms with Gasteiger partial charge in [-0.1, -0.05) is 0 Å². The molecule has 0 saturated heterocycles. The number of benzene rings is 1. The third kappa shape index (κ3) is 2.71. The molecule has 2 aromatic rings. The van der Waals surface area contributed by atoms with Crippen LogP contribution in [-0.4, -0.2) is 18.1 Å². The van der Waals surface area contributed by atoms with Gasteiger partial charge in [0.1, 0.15) is 5.82 Å². The SMILES string of the molecule is Cc1cc(NCCCN)c2cc(F)ccc2n1. The van der Waals surface area contributed by atoms with E-state index in [9.17, 15) is 4.39 Å². The van der Waals surface area contributed by atoms with E-state index in [2.05, 4.69) is 10.3 Å². The van der Waals surface area contributed by atoms with Crippen molar-refractivity contribution in [1.82, 2.24) is 4.98 Å². The van der Waals surface area contributed by atoms with E-state index in [1.807, 2.05) is 13.0 Å². The van der Waals surface area contributed by atoms with Gasteiger partial charge in [-0.3, -0.25) is 4.98 Å². The average molecular weight is 233 g/mol. The minimum atomic E-state index is -0.245. The van der Waals surface area contributed by atoms with E-state index in [0.717, 1.165) is 35.2 Å². The van der Waals surface area contributed by atoms with Crippen LogP contribution in [0.1, 0.15) is 12.1 Å². The molecule has 17 heavy (non-hydrogen) atoms. The highest BCUT2D eigenvalue weighted by atomic mass is 19.1. The summed E-state index contributed by atoms with van der Waals surface area (Å²) < 4.78 is 13.2. The van der Waals surface area contributed by atoms with Crippen molar-refractivity contribution in [2.24, 2.45) is 5.73 Å². The second-order valence-electron chi connectivity index (χ2n) is 4.04. The van der Waals surface area contributed by atoms with Crippen LogP contribution in [0.3, 0.4) is 0 Å². The molecule has 4 heteroatoms. The number of anilines is 1. The Morgan fingerprint density at radius 3 is 2.94 bits per heavy atom. The van der Waals surface area contributed by atoms with Crippen LogP contribution >= 0.6 is 0 Å². The Balaban J connectivity index is 2.40. The standard InChI is InChI=1S/C13H16FN3/c1-9-7-13(16-6-2-5-15)11-8-10(14)3-4-12(11)17-9/h3-4,7-8H,2,5-6,15H2,1H3,(H,16,17). The highest BCUT2D eigenvalue weighted by Gasteiger charge is 2.04. The smallest absolute Gasteiger partial charge is 0.124 e. The Morgan fingerprint density at radius 2 is 2.18 bits per heavy atom. The van der Waals surface area contributed by atoms with E-state index >= 15 is 0 Å². The normalized spacial score (nSPS) is 10.8. The molecular weight excluding hydrogens is 217 g/mol. The third-order valence-electron chi connectivity index (χ3n) is 2.60. The van der Waals surface area contributed by atoms with Crippen molar-refractivity contribution >= 4 is 16.6 Å². The average Bonchev–Trinajstić information content (AvgIpc) is 2.30. The van der Waals surface area contributed by atoms with Crippen LogP contribution in [0.4, 0.5) is 10.1 Å². The van der Waals surface area contributed by atoms with Crippen molar-refractivity contribution < 1.29 is 4.39 Å². The van der Waals surface area contributed by atoms with Crippen molar-refractivity contribution in [3.05, 3.63) is 35.8 Å². The molecule has 0 unspecified atom stereocenters. The van der Waals surface area contributed by atoms with Crippen LogP contribution in [0.15, 0.2) is 24.3 Å². The third-order valence-corrected chi connectivity index (χ3v) is 2.60. The maximum absolute atomic E-state index is 13.2. The van der Waals surface area contributed by atoms with Gasteiger partial charge in [0.15, 0.2) is 0 Å². The molecule has 1 aromatic heterocycles. The number of nitrogens with zero attached hydrogens (tertiary/aromatic N) is 1. The Kier molecular flexibility index (Phi) is 3.54. The van der Waals surface area contributed by atoms with Crippen LogP contribution < -0.4 is 11.1 Å². The summed E-state index contributed by atoms with van der Waals surface area (Å²) in [6.07, 6.45) is 0.887. The summed E-state index contributed by atoms with van der Waals surface area (Å²) in [6, 6.07) is 6.56. The molecule has 0 aliphatic heterocycles. The van der Waals surface area contributed by atoms with Gasteiger partial charge < -0.3 is 11.1 Å². The minimum Gasteiger partial charge on any atom is -0.384 e. The van der Waals surface area contributed by atoms with Gasteiger partial charge in [-0.25, -0.2) is 4.39 Å². The zero-order chi connectivity index (χ0) is 12.3. The van der Waals surface area contributed by atoms with Gasteiger partial charge in [0.05, 0.1) is 5.52 Å². The molecule has 3 N–H and O–H groups in total. The Labute approximate surface area is 99.8 Å². The predicted octanol–water partition coefficient (Wildman–Crippen LogP) is 2.44. The van der Waals surface area contributed by atoms with E-state index in [1.165, 1.54) is 12.1 Å². The summed E-state index contributed by atoms with van der Waals surface area (Å²) in [7, 11) is 0. The summed E-state index contributed by atoms with van der Waals surface area (Å²) in [5, 5.41) is 4.08. The van der Waals surface area contributed by atoms with Crippen LogP contribution in [0, 0.1) is 12.7 Å². The van der Waals surface area contributed by atoms with Crippen molar-refractivity contribution in [2.45, 2.75) is 13.3 Å². The fraction of sp³-hybridized carbons (Fsp3) is 0.308. The molecule has 0 amide bonds. The first-order valence-electron chi connectivity index (χ1n) is 5.71. The highest BCUT2D eigenvalue weighted by Crippen LogP contribution is 2.23. The van der Waals surface area contributed by atoms with Gasteiger partial charge in [0.2, 0.25) is 0 Å². The van der Waals surface area contributed by atoms with Crippen LogP contribution in [-0.2, 0) is 0 Å². The van der Waals surface area contributed by atoms with Crippen molar-refractivity contribution in [3.63, 3.8) is 0 Å². The number of rotatable bonds is 4. The quantitative estimate of drug-likeness (QED) is 0.797. The lowest BCUT2D eigenvalue weighted by Crippen LogP contribution is -2.09. The minimum absolute atomic E-state index is 0.245.